The molecule has 0 N–H and O–H groups in total. The van der Waals surface area contributed by atoms with Crippen LogP contribution in [0.25, 0.3) is 10.1 Å². The zero-order chi connectivity index (χ0) is 8.55. The predicted molar refractivity (Wildman–Crippen MR) is 64.1 cm³/mol. The first-order chi connectivity index (χ1) is 5.81. The summed E-state index contributed by atoms with van der Waals surface area (Å²) < 4.78 is 2.59. The quantitative estimate of drug-likeness (QED) is 0.546. The molecule has 0 unspecified atom stereocenters. The van der Waals surface area contributed by atoms with Gasteiger partial charge in [-0.05, 0) is 57.1 Å². The average Bonchev–Trinajstić information content (AvgIpc) is 2.46. The molecule has 0 amide bonds. The van der Waals surface area contributed by atoms with E-state index in [1.807, 2.05) is 0 Å². The van der Waals surface area contributed by atoms with Crippen molar-refractivity contribution in [2.45, 2.75) is 5.88 Å². The highest BCUT2D eigenvalue weighted by molar-refractivity contribution is 14.1. The van der Waals surface area contributed by atoms with Crippen molar-refractivity contribution in [3.05, 3.63) is 32.7 Å². The standard InChI is InChI=1S/C9H6ClIS/c10-4-6-5-12-9-2-1-7(11)3-8(6)9/h1-3,5H,4H2. The summed E-state index contributed by atoms with van der Waals surface area (Å²) in [7, 11) is 0. The van der Waals surface area contributed by atoms with Crippen LogP contribution in [0.1, 0.15) is 5.56 Å². The Balaban J connectivity index is 2.75. The lowest BCUT2D eigenvalue weighted by Gasteiger charge is -1.93. The molecule has 0 nitrogen and oxygen atoms in total. The van der Waals surface area contributed by atoms with Crippen molar-refractivity contribution in [3.8, 4) is 0 Å². The van der Waals surface area contributed by atoms with Gasteiger partial charge in [0.25, 0.3) is 0 Å². The predicted octanol–water partition coefficient (Wildman–Crippen LogP) is 4.24. The van der Waals surface area contributed by atoms with E-state index in [4.69, 9.17) is 11.6 Å². The number of hydrogen-bond acceptors (Lipinski definition) is 1. The van der Waals surface area contributed by atoms with Gasteiger partial charge in [0.15, 0.2) is 0 Å². The maximum absolute atomic E-state index is 5.80. The first-order valence-corrected chi connectivity index (χ1v) is 6.02. The Kier molecular flexibility index (Phi) is 2.57. The molecule has 0 aliphatic heterocycles. The molecule has 0 radical (unpaired) electrons. The number of alkyl halides is 1. The van der Waals surface area contributed by atoms with Gasteiger partial charge in [0.05, 0.1) is 0 Å². The summed E-state index contributed by atoms with van der Waals surface area (Å²) in [5.74, 6) is 0.611. The minimum Gasteiger partial charge on any atom is -0.143 e. The van der Waals surface area contributed by atoms with Crippen molar-refractivity contribution in [1.29, 1.82) is 0 Å². The maximum Gasteiger partial charge on any atom is 0.0488 e. The van der Waals surface area contributed by atoms with E-state index in [0.29, 0.717) is 5.88 Å². The summed E-state index contributed by atoms with van der Waals surface area (Å²) in [6, 6.07) is 6.46. The zero-order valence-electron chi connectivity index (χ0n) is 6.18. The summed E-state index contributed by atoms with van der Waals surface area (Å²) in [6.45, 7) is 0. The molecule has 0 bridgehead atoms. The number of rotatable bonds is 1. The van der Waals surface area contributed by atoms with Crippen LogP contribution < -0.4 is 0 Å². The molecule has 1 aromatic heterocycles. The topological polar surface area (TPSA) is 0 Å². The van der Waals surface area contributed by atoms with Crippen molar-refractivity contribution in [3.63, 3.8) is 0 Å². The van der Waals surface area contributed by atoms with Gasteiger partial charge in [-0.15, -0.1) is 22.9 Å². The second-order valence-corrected chi connectivity index (χ2v) is 4.96. The molecule has 0 spiro atoms. The lowest BCUT2D eigenvalue weighted by atomic mass is 10.2. The lowest BCUT2D eigenvalue weighted by Crippen LogP contribution is -1.74. The number of hydrogen-bond donors (Lipinski definition) is 0. The molecule has 1 aromatic carbocycles. The molecular weight excluding hydrogens is 303 g/mol. The molecule has 0 aliphatic carbocycles. The first kappa shape index (κ1) is 8.78. The first-order valence-electron chi connectivity index (χ1n) is 3.53. The molecule has 0 atom stereocenters. The summed E-state index contributed by atoms with van der Waals surface area (Å²) in [5, 5.41) is 3.44. The second kappa shape index (κ2) is 3.52. The molecule has 12 heavy (non-hydrogen) atoms. The van der Waals surface area contributed by atoms with Crippen LogP contribution in [-0.4, -0.2) is 0 Å². The molecule has 0 aliphatic rings. The van der Waals surface area contributed by atoms with Gasteiger partial charge in [0, 0.05) is 14.2 Å². The van der Waals surface area contributed by atoms with Gasteiger partial charge < -0.3 is 0 Å². The highest BCUT2D eigenvalue weighted by Gasteiger charge is 2.02. The Morgan fingerprint density at radius 3 is 3.00 bits per heavy atom. The van der Waals surface area contributed by atoms with Crippen LogP contribution in [0.2, 0.25) is 0 Å². The highest BCUT2D eigenvalue weighted by Crippen LogP contribution is 2.28. The van der Waals surface area contributed by atoms with Crippen LogP contribution in [0.4, 0.5) is 0 Å². The Labute approximate surface area is 93.7 Å². The summed E-state index contributed by atoms with van der Waals surface area (Å²) in [6.07, 6.45) is 0. The van der Waals surface area contributed by atoms with Gasteiger partial charge in [-0.3, -0.25) is 0 Å². The van der Waals surface area contributed by atoms with Gasteiger partial charge in [0.1, 0.15) is 0 Å². The van der Waals surface area contributed by atoms with Crippen molar-refractivity contribution in [2.75, 3.05) is 0 Å². The summed E-state index contributed by atoms with van der Waals surface area (Å²) in [4.78, 5) is 0. The third kappa shape index (κ3) is 1.47. The van der Waals surface area contributed by atoms with Crippen molar-refractivity contribution >= 4 is 55.6 Å². The third-order valence-corrected chi connectivity index (χ3v) is 3.73. The van der Waals surface area contributed by atoms with Crippen molar-refractivity contribution in [2.24, 2.45) is 0 Å². The van der Waals surface area contributed by atoms with Gasteiger partial charge in [-0.2, -0.15) is 0 Å². The maximum atomic E-state index is 5.80. The van der Waals surface area contributed by atoms with Crippen LogP contribution in [-0.2, 0) is 5.88 Å². The molecular formula is C9H6ClIS. The van der Waals surface area contributed by atoms with E-state index >= 15 is 0 Å². The van der Waals surface area contributed by atoms with Crippen LogP contribution >= 0.6 is 45.5 Å². The Bertz CT molecular complexity index is 408. The van der Waals surface area contributed by atoms with E-state index in [-0.39, 0.29) is 0 Å². The summed E-state index contributed by atoms with van der Waals surface area (Å²) in [5.41, 5.74) is 1.25. The van der Waals surface area contributed by atoms with Crippen molar-refractivity contribution in [1.82, 2.24) is 0 Å². The Hall–Kier alpha value is 0.200. The van der Waals surface area contributed by atoms with Crippen LogP contribution in [0.15, 0.2) is 23.6 Å². The minimum absolute atomic E-state index is 0.611. The number of thiophene rings is 1. The fraction of sp³-hybridized carbons (Fsp3) is 0.111. The Morgan fingerprint density at radius 2 is 2.25 bits per heavy atom. The molecule has 62 valence electrons. The summed E-state index contributed by atoms with van der Waals surface area (Å²) >= 11 is 9.88. The van der Waals surface area contributed by atoms with Crippen LogP contribution in [0.5, 0.6) is 0 Å². The van der Waals surface area contributed by atoms with Crippen LogP contribution in [0, 0.1) is 3.57 Å². The van der Waals surface area contributed by atoms with Crippen LogP contribution in [0.3, 0.4) is 0 Å². The largest absolute Gasteiger partial charge is 0.143 e. The van der Waals surface area contributed by atoms with E-state index in [1.165, 1.54) is 19.2 Å². The van der Waals surface area contributed by atoms with Crippen molar-refractivity contribution < 1.29 is 0 Å². The fourth-order valence-electron chi connectivity index (χ4n) is 1.16. The van der Waals surface area contributed by atoms with Gasteiger partial charge in [-0.1, -0.05) is 0 Å². The van der Waals surface area contributed by atoms with Gasteiger partial charge in [-0.25, -0.2) is 0 Å². The van der Waals surface area contributed by atoms with E-state index in [2.05, 4.69) is 46.2 Å². The normalized spacial score (nSPS) is 10.8. The second-order valence-electron chi connectivity index (χ2n) is 2.54. The lowest BCUT2D eigenvalue weighted by molar-refractivity contribution is 1.49. The molecule has 0 saturated heterocycles. The highest BCUT2D eigenvalue weighted by atomic mass is 127. The molecule has 2 aromatic rings. The van der Waals surface area contributed by atoms with Gasteiger partial charge in [0.2, 0.25) is 0 Å². The molecule has 1 heterocycles. The molecule has 2 rings (SSSR count). The van der Waals surface area contributed by atoms with E-state index in [9.17, 15) is 0 Å². The molecule has 0 fully saturated rings. The van der Waals surface area contributed by atoms with Gasteiger partial charge >= 0.3 is 0 Å². The van der Waals surface area contributed by atoms with E-state index in [1.54, 1.807) is 11.3 Å². The SMILES string of the molecule is ClCc1csc2ccc(I)cc12. The number of fused-ring (bicyclic) bond motifs is 1. The minimum atomic E-state index is 0.611. The molecule has 0 saturated carbocycles. The van der Waals surface area contributed by atoms with E-state index in [0.717, 1.165) is 0 Å². The number of halogens is 2. The average molecular weight is 309 g/mol. The Morgan fingerprint density at radius 1 is 1.42 bits per heavy atom. The van der Waals surface area contributed by atoms with E-state index < -0.39 is 0 Å². The molecule has 3 heteroatoms. The fourth-order valence-corrected chi connectivity index (χ4v) is 2.90. The smallest absolute Gasteiger partial charge is 0.0488 e. The monoisotopic (exact) mass is 308 g/mol. The number of benzene rings is 1. The third-order valence-electron chi connectivity index (χ3n) is 1.76. The zero-order valence-corrected chi connectivity index (χ0v) is 9.91.